The number of nitrogens with zero attached hydrogens (tertiary/aromatic N) is 5. The van der Waals surface area contributed by atoms with Crippen LogP contribution >= 0.6 is 0 Å². The summed E-state index contributed by atoms with van der Waals surface area (Å²) in [6.07, 6.45) is 0. The minimum atomic E-state index is 0.624. The molecule has 0 atom stereocenters. The number of fused-ring (bicyclic) bond motifs is 6. The van der Waals surface area contributed by atoms with E-state index in [0.717, 1.165) is 50.2 Å². The first-order valence-corrected chi connectivity index (χ1v) is 20.9. The highest BCUT2D eigenvalue weighted by Crippen LogP contribution is 2.39. The van der Waals surface area contributed by atoms with Gasteiger partial charge in [-0.3, -0.25) is 0 Å². The van der Waals surface area contributed by atoms with Crippen LogP contribution in [0.1, 0.15) is 0 Å². The van der Waals surface area contributed by atoms with E-state index in [1.807, 2.05) is 60.7 Å². The molecule has 5 heteroatoms. The van der Waals surface area contributed by atoms with Crippen LogP contribution in [0, 0.1) is 0 Å². The van der Waals surface area contributed by atoms with Crippen molar-refractivity contribution in [2.45, 2.75) is 0 Å². The zero-order chi connectivity index (χ0) is 41.0. The summed E-state index contributed by atoms with van der Waals surface area (Å²) in [4.78, 5) is 15.0. The first-order valence-electron chi connectivity index (χ1n) is 20.9. The van der Waals surface area contributed by atoms with Crippen LogP contribution in [0.4, 0.5) is 0 Å². The van der Waals surface area contributed by atoms with Gasteiger partial charge in [0.25, 0.3) is 0 Å². The lowest BCUT2D eigenvalue weighted by Gasteiger charge is -2.13. The number of para-hydroxylation sites is 2. The minimum Gasteiger partial charge on any atom is -0.309 e. The predicted molar refractivity (Wildman–Crippen MR) is 256 cm³/mol. The molecular weight excluding hydrogens is 755 g/mol. The van der Waals surface area contributed by atoms with Crippen LogP contribution in [-0.4, -0.2) is 24.1 Å². The molecule has 0 unspecified atom stereocenters. The van der Waals surface area contributed by atoms with Gasteiger partial charge in [0.1, 0.15) is 0 Å². The minimum absolute atomic E-state index is 0.624. The van der Waals surface area contributed by atoms with E-state index in [-0.39, 0.29) is 0 Å². The fourth-order valence-electron chi connectivity index (χ4n) is 9.03. The zero-order valence-corrected chi connectivity index (χ0v) is 33.6. The molecule has 0 saturated heterocycles. The molecule has 0 aliphatic rings. The van der Waals surface area contributed by atoms with Crippen molar-refractivity contribution in [1.29, 1.82) is 0 Å². The Morgan fingerprint density at radius 2 is 0.581 bits per heavy atom. The van der Waals surface area contributed by atoms with Gasteiger partial charge in [-0.2, -0.15) is 0 Å². The van der Waals surface area contributed by atoms with E-state index in [1.54, 1.807) is 0 Å². The highest BCUT2D eigenvalue weighted by Gasteiger charge is 2.18. The molecule has 9 aromatic carbocycles. The van der Waals surface area contributed by atoms with E-state index >= 15 is 0 Å². The Hall–Kier alpha value is -8.41. The molecule has 62 heavy (non-hydrogen) atoms. The van der Waals surface area contributed by atoms with Gasteiger partial charge in [-0.15, -0.1) is 0 Å². The molecule has 3 heterocycles. The lowest BCUT2D eigenvalue weighted by molar-refractivity contribution is 1.07. The second kappa shape index (κ2) is 14.7. The van der Waals surface area contributed by atoms with Gasteiger partial charge in [0.15, 0.2) is 17.5 Å². The highest BCUT2D eigenvalue weighted by molar-refractivity contribution is 6.12. The Morgan fingerprint density at radius 1 is 0.226 bits per heavy atom. The summed E-state index contributed by atoms with van der Waals surface area (Å²) in [5, 5.41) is 4.86. The van der Waals surface area contributed by atoms with Crippen molar-refractivity contribution < 1.29 is 0 Å². The standard InChI is InChI=1S/C57H37N5/c1-4-16-38(17-5-1)41-22-14-24-45(34-41)61-51-28-12-10-26-47(51)49-32-30-42(36-53(49)61)43-31-33-50-48-27-11-13-29-52(48)62(54(50)37-43)46-25-15-23-44(35-46)57-59-55(39-18-6-2-7-19-39)58-56(60-57)40-20-8-3-9-21-40/h1-37H. The van der Waals surface area contributed by atoms with Gasteiger partial charge in [0.05, 0.1) is 22.1 Å². The van der Waals surface area contributed by atoms with Gasteiger partial charge >= 0.3 is 0 Å². The Balaban J connectivity index is 1.01. The van der Waals surface area contributed by atoms with Crippen LogP contribution in [-0.2, 0) is 0 Å². The summed E-state index contributed by atoms with van der Waals surface area (Å²) in [5.74, 6) is 1.90. The number of hydrogen-bond acceptors (Lipinski definition) is 3. The molecule has 0 radical (unpaired) electrons. The molecule has 0 aliphatic heterocycles. The summed E-state index contributed by atoms with van der Waals surface area (Å²) in [7, 11) is 0. The summed E-state index contributed by atoms with van der Waals surface area (Å²) >= 11 is 0. The molecule has 5 nitrogen and oxygen atoms in total. The molecular formula is C57H37N5. The maximum absolute atomic E-state index is 5.06. The number of benzene rings is 9. The van der Waals surface area contributed by atoms with Crippen LogP contribution in [0.25, 0.3) is 111 Å². The van der Waals surface area contributed by atoms with E-state index in [4.69, 9.17) is 15.0 Å². The number of rotatable bonds is 7. The third kappa shape index (κ3) is 6.06. The Labute approximate surface area is 358 Å². The highest BCUT2D eigenvalue weighted by atomic mass is 15.0. The van der Waals surface area contributed by atoms with E-state index in [1.165, 1.54) is 43.7 Å². The van der Waals surface area contributed by atoms with Crippen molar-refractivity contribution >= 4 is 43.6 Å². The molecule has 12 aromatic rings. The third-order valence-electron chi connectivity index (χ3n) is 12.0. The van der Waals surface area contributed by atoms with Gasteiger partial charge in [0.2, 0.25) is 0 Å². The maximum atomic E-state index is 5.06. The molecule has 0 spiro atoms. The van der Waals surface area contributed by atoms with Gasteiger partial charge in [-0.05, 0) is 70.8 Å². The number of aromatic nitrogens is 5. The van der Waals surface area contributed by atoms with Gasteiger partial charge in [0, 0.05) is 49.6 Å². The van der Waals surface area contributed by atoms with Crippen molar-refractivity contribution in [2.24, 2.45) is 0 Å². The summed E-state index contributed by atoms with van der Waals surface area (Å²) < 4.78 is 4.79. The molecule has 0 aliphatic carbocycles. The zero-order valence-electron chi connectivity index (χ0n) is 33.6. The average molecular weight is 792 g/mol. The summed E-state index contributed by atoms with van der Waals surface area (Å²) in [6.45, 7) is 0. The second-order valence-corrected chi connectivity index (χ2v) is 15.7. The molecule has 0 bridgehead atoms. The average Bonchev–Trinajstić information content (AvgIpc) is 3.87. The van der Waals surface area contributed by atoms with Gasteiger partial charge in [-0.25, -0.2) is 15.0 Å². The summed E-state index contributed by atoms with van der Waals surface area (Å²) in [5.41, 5.74) is 14.3. The van der Waals surface area contributed by atoms with Crippen LogP contribution in [0.5, 0.6) is 0 Å². The van der Waals surface area contributed by atoms with E-state index in [9.17, 15) is 0 Å². The third-order valence-corrected chi connectivity index (χ3v) is 12.0. The maximum Gasteiger partial charge on any atom is 0.164 e. The van der Waals surface area contributed by atoms with Crippen LogP contribution in [0.2, 0.25) is 0 Å². The first kappa shape index (κ1) is 35.5. The second-order valence-electron chi connectivity index (χ2n) is 15.7. The van der Waals surface area contributed by atoms with E-state index < -0.39 is 0 Å². The number of hydrogen-bond donors (Lipinski definition) is 0. The van der Waals surface area contributed by atoms with Crippen molar-refractivity contribution in [2.75, 3.05) is 0 Å². The molecule has 290 valence electrons. The molecule has 0 saturated carbocycles. The van der Waals surface area contributed by atoms with Crippen molar-refractivity contribution in [1.82, 2.24) is 24.1 Å². The fourth-order valence-corrected chi connectivity index (χ4v) is 9.03. The Morgan fingerprint density at radius 3 is 1.08 bits per heavy atom. The molecule has 0 N–H and O–H groups in total. The topological polar surface area (TPSA) is 48.5 Å². The fraction of sp³-hybridized carbons (Fsp3) is 0. The Bertz CT molecular complexity index is 3570. The SMILES string of the molecule is c1ccc(-c2cccc(-n3c4ccccc4c4ccc(-c5ccc6c7ccccc7n(-c7cccc(-c8nc(-c9ccccc9)nc(-c9ccccc9)n8)c7)c6c5)cc43)c2)cc1. The van der Waals surface area contributed by atoms with Crippen LogP contribution in [0.3, 0.4) is 0 Å². The smallest absolute Gasteiger partial charge is 0.164 e. The largest absolute Gasteiger partial charge is 0.309 e. The van der Waals surface area contributed by atoms with Crippen molar-refractivity contribution in [3.8, 4) is 67.8 Å². The van der Waals surface area contributed by atoms with E-state index in [2.05, 4.69) is 173 Å². The summed E-state index contributed by atoms with van der Waals surface area (Å²) in [6, 6.07) is 79.5. The van der Waals surface area contributed by atoms with Crippen molar-refractivity contribution in [3.05, 3.63) is 224 Å². The quantitative estimate of drug-likeness (QED) is 0.162. The molecule has 0 amide bonds. The monoisotopic (exact) mass is 791 g/mol. The lowest BCUT2D eigenvalue weighted by Crippen LogP contribution is -2.01. The molecule has 0 fully saturated rings. The molecule has 3 aromatic heterocycles. The first-order chi connectivity index (χ1) is 30.7. The van der Waals surface area contributed by atoms with E-state index in [0.29, 0.717) is 17.5 Å². The predicted octanol–water partition coefficient (Wildman–Crippen LogP) is 14.4. The van der Waals surface area contributed by atoms with Gasteiger partial charge in [-0.1, -0.05) is 176 Å². The Kier molecular flexibility index (Phi) is 8.42. The van der Waals surface area contributed by atoms with Crippen LogP contribution < -0.4 is 0 Å². The van der Waals surface area contributed by atoms with Gasteiger partial charge < -0.3 is 9.13 Å². The van der Waals surface area contributed by atoms with Crippen molar-refractivity contribution in [3.63, 3.8) is 0 Å². The van der Waals surface area contributed by atoms with Crippen LogP contribution in [0.15, 0.2) is 224 Å². The molecule has 12 rings (SSSR count). The lowest BCUT2D eigenvalue weighted by atomic mass is 10.0. The normalized spacial score (nSPS) is 11.5.